The number of rotatable bonds is 2. The Hall–Kier alpha value is -1.56. The van der Waals surface area contributed by atoms with Crippen LogP contribution in [0.1, 0.15) is 5.56 Å². The number of aryl methyl sites for hydroxylation is 1. The minimum Gasteiger partial charge on any atom is -0.332 e. The highest BCUT2D eigenvalue weighted by Crippen LogP contribution is 2.20. The number of hydrazone groups is 1. The molecule has 16 heavy (non-hydrogen) atoms. The van der Waals surface area contributed by atoms with Crippen LogP contribution in [0.5, 0.6) is 0 Å². The third-order valence-corrected chi connectivity index (χ3v) is 3.62. The van der Waals surface area contributed by atoms with E-state index in [1.807, 2.05) is 6.92 Å². The summed E-state index contributed by atoms with van der Waals surface area (Å²) in [5.74, 6) is 0. The summed E-state index contributed by atoms with van der Waals surface area (Å²) in [6.45, 7) is 4.46. The average Bonchev–Trinajstić information content (AvgIpc) is 2.66. The molecular weight excluding hydrogens is 226 g/mol. The summed E-state index contributed by atoms with van der Waals surface area (Å²) in [5, 5.41) is 3.72. The number of benzene rings is 1. The van der Waals surface area contributed by atoms with E-state index in [9.17, 15) is 8.42 Å². The van der Waals surface area contributed by atoms with Gasteiger partial charge in [-0.1, -0.05) is 17.7 Å². The summed E-state index contributed by atoms with van der Waals surface area (Å²) in [7, 11) is -1.94. The van der Waals surface area contributed by atoms with E-state index < -0.39 is 10.0 Å². The average molecular weight is 237 g/mol. The molecule has 1 aromatic carbocycles. The first-order valence-corrected chi connectivity index (χ1v) is 6.09. The van der Waals surface area contributed by atoms with Crippen molar-refractivity contribution in [3.05, 3.63) is 36.5 Å². The molecule has 0 atom stereocenters. The predicted molar refractivity (Wildman–Crippen MR) is 59.7 cm³/mol. The molecule has 84 valence electrons. The van der Waals surface area contributed by atoms with Gasteiger partial charge in [-0.05, 0) is 19.1 Å². The molecule has 1 aliphatic heterocycles. The van der Waals surface area contributed by atoms with Crippen molar-refractivity contribution < 1.29 is 8.42 Å². The van der Waals surface area contributed by atoms with Gasteiger partial charge >= 0.3 is 0 Å². The van der Waals surface area contributed by atoms with Crippen molar-refractivity contribution >= 4 is 16.4 Å². The summed E-state index contributed by atoms with van der Waals surface area (Å²) in [6.07, 6.45) is 1.38. The van der Waals surface area contributed by atoms with Gasteiger partial charge in [0, 0.05) is 7.05 Å². The lowest BCUT2D eigenvalue weighted by Crippen LogP contribution is -2.24. The first-order valence-electron chi connectivity index (χ1n) is 4.65. The molecule has 2 radical (unpaired) electrons. The fourth-order valence-corrected chi connectivity index (χ4v) is 2.32. The Labute approximate surface area is 95.0 Å². The molecule has 0 bridgehead atoms. The first kappa shape index (κ1) is 10.9. The summed E-state index contributed by atoms with van der Waals surface area (Å²) in [4.78, 5) is 1.66. The van der Waals surface area contributed by atoms with Gasteiger partial charge in [0.2, 0.25) is 6.67 Å². The van der Waals surface area contributed by atoms with Gasteiger partial charge in [-0.3, -0.25) is 0 Å². The highest BCUT2D eigenvalue weighted by atomic mass is 32.2. The second-order valence-corrected chi connectivity index (χ2v) is 5.27. The normalized spacial score (nSPS) is 15.9. The van der Waals surface area contributed by atoms with E-state index in [0.717, 1.165) is 9.98 Å². The third-order valence-electron chi connectivity index (χ3n) is 2.12. The number of nitrogens with zero attached hydrogens (tertiary/aromatic N) is 3. The van der Waals surface area contributed by atoms with E-state index in [1.54, 1.807) is 31.3 Å². The van der Waals surface area contributed by atoms with Crippen molar-refractivity contribution in [2.75, 3.05) is 7.05 Å². The molecule has 2 rings (SSSR count). The minimum absolute atomic E-state index is 0.207. The van der Waals surface area contributed by atoms with Crippen LogP contribution in [0.4, 0.5) is 0 Å². The van der Waals surface area contributed by atoms with Crippen molar-refractivity contribution in [3.8, 4) is 0 Å². The van der Waals surface area contributed by atoms with Crippen LogP contribution in [0.15, 0.2) is 34.3 Å². The maximum Gasteiger partial charge on any atom is 0.281 e. The molecule has 0 spiro atoms. The van der Waals surface area contributed by atoms with E-state index in [-0.39, 0.29) is 4.90 Å². The van der Waals surface area contributed by atoms with Crippen molar-refractivity contribution in [1.82, 2.24) is 9.31 Å². The van der Waals surface area contributed by atoms with Crippen molar-refractivity contribution in [3.63, 3.8) is 0 Å². The molecule has 0 unspecified atom stereocenters. The van der Waals surface area contributed by atoms with Gasteiger partial charge < -0.3 is 4.90 Å². The lowest BCUT2D eigenvalue weighted by atomic mass is 10.2. The van der Waals surface area contributed by atoms with Gasteiger partial charge in [-0.25, -0.2) is 0 Å². The smallest absolute Gasteiger partial charge is 0.281 e. The lowest BCUT2D eigenvalue weighted by molar-refractivity contribution is 0.446. The Morgan fingerprint density at radius 2 is 1.88 bits per heavy atom. The molecule has 0 saturated heterocycles. The highest BCUT2D eigenvalue weighted by Gasteiger charge is 2.28. The van der Waals surface area contributed by atoms with Crippen LogP contribution >= 0.6 is 0 Å². The van der Waals surface area contributed by atoms with Crippen molar-refractivity contribution in [1.29, 1.82) is 0 Å². The van der Waals surface area contributed by atoms with E-state index in [0.29, 0.717) is 0 Å². The van der Waals surface area contributed by atoms with Crippen LogP contribution in [-0.2, 0) is 10.0 Å². The Kier molecular flexibility index (Phi) is 2.59. The van der Waals surface area contributed by atoms with Crippen molar-refractivity contribution in [2.24, 2.45) is 5.10 Å². The molecule has 0 saturated carbocycles. The van der Waals surface area contributed by atoms with Crippen LogP contribution in [0.3, 0.4) is 0 Å². The van der Waals surface area contributed by atoms with Gasteiger partial charge in [0.25, 0.3) is 10.0 Å². The molecule has 0 fully saturated rings. The monoisotopic (exact) mass is 237 g/mol. The Balaban J connectivity index is 2.33. The largest absolute Gasteiger partial charge is 0.332 e. The minimum atomic E-state index is -3.61. The Morgan fingerprint density at radius 1 is 1.25 bits per heavy atom. The van der Waals surface area contributed by atoms with E-state index in [1.165, 1.54) is 11.2 Å². The first-order chi connectivity index (χ1) is 7.50. The van der Waals surface area contributed by atoms with E-state index in [4.69, 9.17) is 0 Å². The number of hydrogen-bond donors (Lipinski definition) is 0. The van der Waals surface area contributed by atoms with Crippen LogP contribution in [0.2, 0.25) is 0 Å². The van der Waals surface area contributed by atoms with Crippen LogP contribution in [-0.4, -0.2) is 31.1 Å². The zero-order valence-corrected chi connectivity index (χ0v) is 9.77. The molecular formula is C10H11N3O2S. The Morgan fingerprint density at radius 3 is 2.38 bits per heavy atom. The van der Waals surface area contributed by atoms with Gasteiger partial charge in [-0.15, -0.1) is 4.41 Å². The zero-order chi connectivity index (χ0) is 11.8. The Bertz CT molecular complexity index is 507. The fraction of sp³-hybridized carbons (Fsp3) is 0.200. The van der Waals surface area contributed by atoms with E-state index >= 15 is 0 Å². The second kappa shape index (κ2) is 3.79. The fourth-order valence-electron chi connectivity index (χ4n) is 1.24. The molecule has 1 heterocycles. The van der Waals surface area contributed by atoms with Gasteiger partial charge in [0.1, 0.15) is 6.34 Å². The predicted octanol–water partition coefficient (Wildman–Crippen LogP) is 0.871. The number of hydrogen-bond acceptors (Lipinski definition) is 4. The molecule has 0 aliphatic carbocycles. The maximum atomic E-state index is 12.0. The summed E-state index contributed by atoms with van der Waals surface area (Å²) in [5.41, 5.74) is 1.01. The number of sulfonamides is 1. The van der Waals surface area contributed by atoms with Gasteiger partial charge in [-0.2, -0.15) is 13.5 Å². The molecule has 0 amide bonds. The highest BCUT2D eigenvalue weighted by molar-refractivity contribution is 7.89. The standard InChI is InChI=1S/C10H11N3O2S/c1-9-3-5-10(6-4-9)16(14,15)13-8-12(2)7-11-13/h3-7H,1-2H3. The van der Waals surface area contributed by atoms with Crippen LogP contribution in [0, 0.1) is 13.6 Å². The molecule has 5 nitrogen and oxygen atoms in total. The quantitative estimate of drug-likeness (QED) is 0.767. The molecule has 0 aromatic heterocycles. The summed E-state index contributed by atoms with van der Waals surface area (Å²) < 4.78 is 24.9. The van der Waals surface area contributed by atoms with E-state index in [2.05, 4.69) is 11.8 Å². The molecule has 6 heteroatoms. The summed E-state index contributed by atoms with van der Waals surface area (Å²) >= 11 is 0. The molecule has 1 aromatic rings. The topological polar surface area (TPSA) is 53.0 Å². The third kappa shape index (κ3) is 1.88. The second-order valence-electron chi connectivity index (χ2n) is 3.50. The zero-order valence-electron chi connectivity index (χ0n) is 8.95. The SMILES string of the molecule is Cc1ccc(S(=O)(=O)N2[C]N(C)C=N2)cc1. The van der Waals surface area contributed by atoms with Crippen molar-refractivity contribution in [2.45, 2.75) is 11.8 Å². The molecule has 0 N–H and O–H groups in total. The lowest BCUT2D eigenvalue weighted by Gasteiger charge is -2.13. The maximum absolute atomic E-state index is 12.0. The molecule has 1 aliphatic rings. The summed E-state index contributed by atoms with van der Waals surface area (Å²) in [6, 6.07) is 6.60. The van der Waals surface area contributed by atoms with Gasteiger partial charge in [0.15, 0.2) is 0 Å². The van der Waals surface area contributed by atoms with Gasteiger partial charge in [0.05, 0.1) is 4.90 Å². The van der Waals surface area contributed by atoms with Crippen LogP contribution < -0.4 is 0 Å². The van der Waals surface area contributed by atoms with Crippen LogP contribution in [0.25, 0.3) is 0 Å².